The van der Waals surface area contributed by atoms with Crippen LogP contribution in [0.2, 0.25) is 0 Å². The first-order valence-electron chi connectivity index (χ1n) is 8.47. The Labute approximate surface area is 152 Å². The zero-order valence-electron chi connectivity index (χ0n) is 14.7. The molecule has 0 bridgehead atoms. The van der Waals surface area contributed by atoms with Crippen molar-refractivity contribution in [2.75, 3.05) is 12.5 Å². The molecule has 3 aromatic carbocycles. The minimum absolute atomic E-state index is 0.708. The molecule has 1 aromatic heterocycles. The van der Waals surface area contributed by atoms with Crippen LogP contribution in [0, 0.1) is 6.92 Å². The molecule has 0 aliphatic carbocycles. The number of pyridine rings is 1. The number of hydrogen-bond donors (Lipinski definition) is 1. The van der Waals surface area contributed by atoms with Crippen molar-refractivity contribution in [3.05, 3.63) is 77.9 Å². The number of ether oxygens (including phenoxy) is 1. The van der Waals surface area contributed by atoms with E-state index in [2.05, 4.69) is 46.7 Å². The SMILES string of the molecule is COc1ccc2c(C)cc(N/N=C/c3cccc4ccccc34)nc2c1. The van der Waals surface area contributed by atoms with Gasteiger partial charge in [0.2, 0.25) is 0 Å². The second-order valence-electron chi connectivity index (χ2n) is 6.15. The predicted molar refractivity (Wildman–Crippen MR) is 108 cm³/mol. The van der Waals surface area contributed by atoms with Crippen molar-refractivity contribution in [3.8, 4) is 5.75 Å². The number of nitrogens with one attached hydrogen (secondary N) is 1. The summed E-state index contributed by atoms with van der Waals surface area (Å²) in [5, 5.41) is 7.86. The topological polar surface area (TPSA) is 46.5 Å². The molecule has 0 spiro atoms. The standard InChI is InChI=1S/C22H19N3O/c1-15-12-22(24-21-13-18(26-2)10-11-19(15)21)25-23-14-17-8-5-7-16-6-3-4-9-20(16)17/h3-14H,1-2H3,(H,24,25)/b23-14+. The number of methoxy groups -OCH3 is 1. The summed E-state index contributed by atoms with van der Waals surface area (Å²) in [6.45, 7) is 2.07. The van der Waals surface area contributed by atoms with Gasteiger partial charge in [0.05, 0.1) is 18.8 Å². The van der Waals surface area contributed by atoms with Gasteiger partial charge in [-0.2, -0.15) is 5.10 Å². The molecule has 4 aromatic rings. The van der Waals surface area contributed by atoms with Crippen molar-refractivity contribution >= 4 is 33.7 Å². The normalized spacial score (nSPS) is 11.3. The van der Waals surface area contributed by atoms with Gasteiger partial charge >= 0.3 is 0 Å². The summed E-state index contributed by atoms with van der Waals surface area (Å²) in [7, 11) is 1.66. The monoisotopic (exact) mass is 341 g/mol. The summed E-state index contributed by atoms with van der Waals surface area (Å²) in [6.07, 6.45) is 1.83. The molecule has 0 amide bonds. The van der Waals surface area contributed by atoms with Gasteiger partial charge in [-0.05, 0) is 41.5 Å². The lowest BCUT2D eigenvalue weighted by atomic mass is 10.1. The number of hydrogen-bond acceptors (Lipinski definition) is 4. The van der Waals surface area contributed by atoms with E-state index in [9.17, 15) is 0 Å². The quantitative estimate of drug-likeness (QED) is 0.412. The maximum absolute atomic E-state index is 5.29. The third-order valence-corrected chi connectivity index (χ3v) is 4.43. The second kappa shape index (κ2) is 6.84. The minimum atomic E-state index is 0.708. The summed E-state index contributed by atoms with van der Waals surface area (Å²) >= 11 is 0. The summed E-state index contributed by atoms with van der Waals surface area (Å²) in [4.78, 5) is 4.63. The highest BCUT2D eigenvalue weighted by molar-refractivity contribution is 5.99. The molecule has 1 N–H and O–H groups in total. The molecule has 0 aliphatic rings. The maximum atomic E-state index is 5.29. The Morgan fingerprint density at radius 2 is 1.81 bits per heavy atom. The molecule has 4 nitrogen and oxygen atoms in total. The minimum Gasteiger partial charge on any atom is -0.497 e. The highest BCUT2D eigenvalue weighted by Crippen LogP contribution is 2.24. The van der Waals surface area contributed by atoms with E-state index in [1.165, 1.54) is 10.8 Å². The molecule has 0 radical (unpaired) electrons. The summed E-state index contributed by atoms with van der Waals surface area (Å²) < 4.78 is 5.29. The van der Waals surface area contributed by atoms with E-state index >= 15 is 0 Å². The van der Waals surface area contributed by atoms with Crippen LogP contribution in [0.5, 0.6) is 5.75 Å². The number of rotatable bonds is 4. The van der Waals surface area contributed by atoms with Gasteiger partial charge in [-0.15, -0.1) is 0 Å². The Bertz CT molecular complexity index is 1110. The first kappa shape index (κ1) is 16.1. The van der Waals surface area contributed by atoms with Crippen LogP contribution in [0.3, 0.4) is 0 Å². The Morgan fingerprint density at radius 1 is 0.962 bits per heavy atom. The van der Waals surface area contributed by atoms with E-state index < -0.39 is 0 Å². The molecular formula is C22H19N3O. The van der Waals surface area contributed by atoms with Crippen LogP contribution in [0.15, 0.2) is 71.8 Å². The van der Waals surface area contributed by atoms with Crippen molar-refractivity contribution in [1.82, 2.24) is 4.98 Å². The maximum Gasteiger partial charge on any atom is 0.147 e. The third kappa shape index (κ3) is 3.09. The van der Waals surface area contributed by atoms with Gasteiger partial charge in [-0.1, -0.05) is 42.5 Å². The van der Waals surface area contributed by atoms with Crippen LogP contribution in [-0.4, -0.2) is 18.3 Å². The third-order valence-electron chi connectivity index (χ3n) is 4.43. The largest absolute Gasteiger partial charge is 0.497 e. The molecule has 1 heterocycles. The first-order chi connectivity index (χ1) is 12.7. The van der Waals surface area contributed by atoms with Crippen molar-refractivity contribution in [1.29, 1.82) is 0 Å². The number of aryl methyl sites for hydroxylation is 1. The van der Waals surface area contributed by atoms with Crippen LogP contribution in [0.25, 0.3) is 21.7 Å². The molecule has 4 rings (SSSR count). The van der Waals surface area contributed by atoms with Crippen LogP contribution < -0.4 is 10.2 Å². The molecule has 0 fully saturated rings. The fraction of sp³-hybridized carbons (Fsp3) is 0.0909. The molecule has 128 valence electrons. The van der Waals surface area contributed by atoms with Gasteiger partial charge in [-0.3, -0.25) is 5.43 Å². The Morgan fingerprint density at radius 3 is 2.69 bits per heavy atom. The molecule has 0 saturated carbocycles. The number of hydrazone groups is 1. The average molecular weight is 341 g/mol. The first-order valence-corrected chi connectivity index (χ1v) is 8.47. The number of anilines is 1. The number of fused-ring (bicyclic) bond motifs is 2. The fourth-order valence-corrected chi connectivity index (χ4v) is 3.10. The molecule has 4 heteroatoms. The predicted octanol–water partition coefficient (Wildman–Crippen LogP) is 5.15. The lowest BCUT2D eigenvalue weighted by molar-refractivity contribution is 0.415. The van der Waals surface area contributed by atoms with Crippen molar-refractivity contribution in [2.24, 2.45) is 5.10 Å². The Hall–Kier alpha value is -3.40. The van der Waals surface area contributed by atoms with Crippen molar-refractivity contribution < 1.29 is 4.74 Å². The van der Waals surface area contributed by atoms with Gasteiger partial charge in [0.25, 0.3) is 0 Å². The molecule has 0 atom stereocenters. The zero-order chi connectivity index (χ0) is 17.9. The second-order valence-corrected chi connectivity index (χ2v) is 6.15. The molecule has 0 saturated heterocycles. The van der Waals surface area contributed by atoms with E-state index in [-0.39, 0.29) is 0 Å². The van der Waals surface area contributed by atoms with Gasteiger partial charge in [0.1, 0.15) is 11.6 Å². The van der Waals surface area contributed by atoms with E-state index in [1.54, 1.807) is 7.11 Å². The highest BCUT2D eigenvalue weighted by atomic mass is 16.5. The number of aromatic nitrogens is 1. The number of nitrogens with zero attached hydrogens (tertiary/aromatic N) is 2. The van der Waals surface area contributed by atoms with Crippen LogP contribution in [0.4, 0.5) is 5.82 Å². The zero-order valence-corrected chi connectivity index (χ0v) is 14.7. The van der Waals surface area contributed by atoms with Gasteiger partial charge in [0.15, 0.2) is 0 Å². The van der Waals surface area contributed by atoms with Crippen LogP contribution >= 0.6 is 0 Å². The highest BCUT2D eigenvalue weighted by Gasteiger charge is 2.04. The lowest BCUT2D eigenvalue weighted by Gasteiger charge is -2.07. The van der Waals surface area contributed by atoms with E-state index in [4.69, 9.17) is 4.74 Å². The van der Waals surface area contributed by atoms with Crippen LogP contribution in [-0.2, 0) is 0 Å². The molecule has 0 aliphatic heterocycles. The summed E-state index contributed by atoms with van der Waals surface area (Å²) in [6, 6.07) is 22.4. The summed E-state index contributed by atoms with van der Waals surface area (Å²) in [5.74, 6) is 1.50. The van der Waals surface area contributed by atoms with E-state index in [0.717, 1.165) is 27.8 Å². The van der Waals surface area contributed by atoms with Gasteiger partial charge < -0.3 is 4.74 Å². The molecule has 26 heavy (non-hydrogen) atoms. The van der Waals surface area contributed by atoms with Gasteiger partial charge in [-0.25, -0.2) is 4.98 Å². The average Bonchev–Trinajstić information content (AvgIpc) is 2.68. The fourth-order valence-electron chi connectivity index (χ4n) is 3.10. The van der Waals surface area contributed by atoms with Crippen molar-refractivity contribution in [2.45, 2.75) is 6.92 Å². The van der Waals surface area contributed by atoms with Crippen molar-refractivity contribution in [3.63, 3.8) is 0 Å². The Balaban J connectivity index is 1.63. The van der Waals surface area contributed by atoms with Crippen LogP contribution in [0.1, 0.15) is 11.1 Å². The molecule has 0 unspecified atom stereocenters. The Kier molecular flexibility index (Phi) is 4.23. The van der Waals surface area contributed by atoms with E-state index in [1.807, 2.05) is 48.7 Å². The van der Waals surface area contributed by atoms with Gasteiger partial charge in [0, 0.05) is 17.0 Å². The number of benzene rings is 3. The lowest BCUT2D eigenvalue weighted by Crippen LogP contribution is -1.96. The van der Waals surface area contributed by atoms with E-state index in [0.29, 0.717) is 5.82 Å². The molecular weight excluding hydrogens is 322 g/mol. The summed E-state index contributed by atoms with van der Waals surface area (Å²) in [5.41, 5.74) is 6.13. The smallest absolute Gasteiger partial charge is 0.147 e.